The molecular formula is C17H21NO5. The van der Waals surface area contributed by atoms with Gasteiger partial charge in [-0.1, -0.05) is 13.3 Å². The van der Waals surface area contributed by atoms with Crippen molar-refractivity contribution in [1.82, 2.24) is 5.32 Å². The molecule has 4 rings (SSSR count). The van der Waals surface area contributed by atoms with E-state index in [4.69, 9.17) is 9.15 Å². The summed E-state index contributed by atoms with van der Waals surface area (Å²) in [6.45, 7) is 2.58. The van der Waals surface area contributed by atoms with Crippen LogP contribution in [0.25, 0.3) is 0 Å². The van der Waals surface area contributed by atoms with Crippen LogP contribution in [0, 0.1) is 11.3 Å². The molecule has 0 aromatic carbocycles. The number of hydrogen-bond donors (Lipinski definition) is 2. The van der Waals surface area contributed by atoms with Crippen LogP contribution in [0.1, 0.15) is 59.3 Å². The van der Waals surface area contributed by atoms with Crippen molar-refractivity contribution in [1.29, 1.82) is 0 Å². The van der Waals surface area contributed by atoms with Crippen molar-refractivity contribution < 1.29 is 23.8 Å². The van der Waals surface area contributed by atoms with E-state index < -0.39 is 5.97 Å². The summed E-state index contributed by atoms with van der Waals surface area (Å²) < 4.78 is 11.3. The Morgan fingerprint density at radius 1 is 1.43 bits per heavy atom. The normalized spacial score (nSPS) is 30.4. The van der Waals surface area contributed by atoms with E-state index in [0.29, 0.717) is 24.2 Å². The fourth-order valence-electron chi connectivity index (χ4n) is 4.65. The molecule has 3 aliphatic rings. The SMILES string of the molecule is CCc1oc(C(=O)NC2C3CCOC3C23CCC3)cc1C(=O)O. The van der Waals surface area contributed by atoms with Gasteiger partial charge >= 0.3 is 5.97 Å². The van der Waals surface area contributed by atoms with E-state index in [9.17, 15) is 14.7 Å². The molecule has 1 saturated heterocycles. The van der Waals surface area contributed by atoms with Gasteiger partial charge in [-0.3, -0.25) is 4.79 Å². The summed E-state index contributed by atoms with van der Waals surface area (Å²) >= 11 is 0. The number of ether oxygens (including phenoxy) is 1. The van der Waals surface area contributed by atoms with E-state index in [1.807, 2.05) is 6.92 Å². The second-order valence-corrected chi connectivity index (χ2v) is 6.89. The van der Waals surface area contributed by atoms with Crippen molar-refractivity contribution in [2.45, 2.75) is 51.2 Å². The lowest BCUT2D eigenvalue weighted by atomic mass is 9.46. The summed E-state index contributed by atoms with van der Waals surface area (Å²) in [6, 6.07) is 1.46. The Labute approximate surface area is 134 Å². The smallest absolute Gasteiger partial charge is 0.339 e. The number of carboxylic acids is 1. The average Bonchev–Trinajstić information content (AvgIpc) is 3.07. The number of aromatic carboxylic acids is 1. The summed E-state index contributed by atoms with van der Waals surface area (Å²) in [7, 11) is 0. The van der Waals surface area contributed by atoms with E-state index in [0.717, 1.165) is 25.9 Å². The number of fused-ring (bicyclic) bond motifs is 2. The van der Waals surface area contributed by atoms with Crippen molar-refractivity contribution in [2.75, 3.05) is 6.61 Å². The lowest BCUT2D eigenvalue weighted by molar-refractivity contribution is -0.172. The number of furan rings is 1. The van der Waals surface area contributed by atoms with Gasteiger partial charge in [0, 0.05) is 36.5 Å². The zero-order valence-corrected chi connectivity index (χ0v) is 13.1. The topological polar surface area (TPSA) is 88.8 Å². The van der Waals surface area contributed by atoms with Gasteiger partial charge < -0.3 is 19.6 Å². The third-order valence-corrected chi connectivity index (χ3v) is 5.91. The predicted molar refractivity (Wildman–Crippen MR) is 80.4 cm³/mol. The Morgan fingerprint density at radius 2 is 2.22 bits per heavy atom. The van der Waals surface area contributed by atoms with Gasteiger partial charge in [-0.2, -0.15) is 0 Å². The van der Waals surface area contributed by atoms with Gasteiger partial charge in [-0.25, -0.2) is 4.79 Å². The molecule has 1 spiro atoms. The minimum absolute atomic E-state index is 0.0756. The summed E-state index contributed by atoms with van der Waals surface area (Å²) in [6.07, 6.45) is 5.09. The Bertz CT molecular complexity index is 660. The maximum atomic E-state index is 12.5. The summed E-state index contributed by atoms with van der Waals surface area (Å²) in [4.78, 5) is 23.7. The Balaban J connectivity index is 1.53. The Morgan fingerprint density at radius 3 is 2.78 bits per heavy atom. The van der Waals surface area contributed by atoms with Crippen molar-refractivity contribution in [3.63, 3.8) is 0 Å². The monoisotopic (exact) mass is 319 g/mol. The predicted octanol–water partition coefficient (Wildman–Crippen LogP) is 2.23. The molecule has 1 aliphatic heterocycles. The van der Waals surface area contributed by atoms with Crippen molar-refractivity contribution in [3.05, 3.63) is 23.2 Å². The minimum atomic E-state index is -1.06. The van der Waals surface area contributed by atoms with E-state index in [1.54, 1.807) is 0 Å². The van der Waals surface area contributed by atoms with Crippen LogP contribution in [0.3, 0.4) is 0 Å². The van der Waals surface area contributed by atoms with Crippen LogP contribution in [-0.2, 0) is 11.2 Å². The third-order valence-electron chi connectivity index (χ3n) is 5.91. The fraction of sp³-hybridized carbons (Fsp3) is 0.647. The maximum absolute atomic E-state index is 12.5. The molecule has 2 N–H and O–H groups in total. The first kappa shape index (κ1) is 14.8. The van der Waals surface area contributed by atoms with Crippen molar-refractivity contribution in [2.24, 2.45) is 11.3 Å². The molecule has 0 radical (unpaired) electrons. The lowest BCUT2D eigenvalue weighted by Gasteiger charge is -2.63. The molecule has 124 valence electrons. The van der Waals surface area contributed by atoms with Crippen LogP contribution in [0.2, 0.25) is 0 Å². The summed E-state index contributed by atoms with van der Waals surface area (Å²) in [5.74, 6) is -0.548. The first-order valence-electron chi connectivity index (χ1n) is 8.35. The highest BCUT2D eigenvalue weighted by molar-refractivity contribution is 5.96. The molecule has 1 amide bonds. The minimum Gasteiger partial charge on any atom is -0.478 e. The lowest BCUT2D eigenvalue weighted by Crippen LogP contribution is -2.71. The second-order valence-electron chi connectivity index (χ2n) is 6.89. The number of amides is 1. The van der Waals surface area contributed by atoms with Crippen LogP contribution < -0.4 is 5.32 Å². The van der Waals surface area contributed by atoms with Crippen LogP contribution in [0.4, 0.5) is 0 Å². The van der Waals surface area contributed by atoms with Gasteiger partial charge in [0.25, 0.3) is 5.91 Å². The molecule has 2 saturated carbocycles. The molecule has 6 nitrogen and oxygen atoms in total. The highest BCUT2D eigenvalue weighted by Crippen LogP contribution is 2.62. The van der Waals surface area contributed by atoms with Gasteiger partial charge in [0.2, 0.25) is 0 Å². The summed E-state index contributed by atoms with van der Waals surface area (Å²) in [5.41, 5.74) is 0.179. The van der Waals surface area contributed by atoms with Gasteiger partial charge in [0.05, 0.1) is 6.10 Å². The molecule has 23 heavy (non-hydrogen) atoms. The van der Waals surface area contributed by atoms with Gasteiger partial charge in [-0.05, 0) is 19.3 Å². The molecule has 3 atom stereocenters. The fourth-order valence-corrected chi connectivity index (χ4v) is 4.65. The molecule has 0 bridgehead atoms. The van der Waals surface area contributed by atoms with Gasteiger partial charge in [0.15, 0.2) is 5.76 Å². The highest BCUT2D eigenvalue weighted by atomic mass is 16.5. The van der Waals surface area contributed by atoms with Gasteiger partial charge in [-0.15, -0.1) is 0 Å². The third kappa shape index (κ3) is 1.97. The van der Waals surface area contributed by atoms with Gasteiger partial charge in [0.1, 0.15) is 11.3 Å². The zero-order chi connectivity index (χ0) is 16.2. The number of rotatable bonds is 4. The molecule has 1 aromatic heterocycles. The van der Waals surface area contributed by atoms with Crippen molar-refractivity contribution >= 4 is 11.9 Å². The van der Waals surface area contributed by atoms with E-state index in [-0.39, 0.29) is 28.7 Å². The van der Waals surface area contributed by atoms with E-state index in [1.165, 1.54) is 12.5 Å². The zero-order valence-electron chi connectivity index (χ0n) is 13.1. The highest BCUT2D eigenvalue weighted by Gasteiger charge is 2.67. The Kier molecular flexibility index (Phi) is 3.27. The maximum Gasteiger partial charge on any atom is 0.339 e. The quantitative estimate of drug-likeness (QED) is 0.888. The first-order valence-corrected chi connectivity index (χ1v) is 8.35. The molecule has 3 unspecified atom stereocenters. The molecular weight excluding hydrogens is 298 g/mol. The average molecular weight is 319 g/mol. The van der Waals surface area contributed by atoms with Crippen molar-refractivity contribution in [3.8, 4) is 0 Å². The molecule has 6 heteroatoms. The van der Waals surface area contributed by atoms with Crippen LogP contribution in [0.5, 0.6) is 0 Å². The van der Waals surface area contributed by atoms with Crippen LogP contribution >= 0.6 is 0 Å². The number of aryl methyl sites for hydroxylation is 1. The molecule has 2 aliphatic carbocycles. The molecule has 2 heterocycles. The number of hydrogen-bond acceptors (Lipinski definition) is 4. The second kappa shape index (κ2) is 5.09. The Hall–Kier alpha value is -1.82. The van der Waals surface area contributed by atoms with Crippen LogP contribution in [0.15, 0.2) is 10.5 Å². The van der Waals surface area contributed by atoms with E-state index >= 15 is 0 Å². The standard InChI is InChI=1S/C17H21NO5/c1-2-11-10(16(20)21)8-12(23-11)15(19)18-13-9-4-7-22-14(9)17(13)5-3-6-17/h8-9,13-14H,2-7H2,1H3,(H,18,19)(H,20,21). The first-order chi connectivity index (χ1) is 11.1. The van der Waals surface area contributed by atoms with E-state index in [2.05, 4.69) is 5.32 Å². The largest absolute Gasteiger partial charge is 0.478 e. The number of carbonyl (C=O) groups is 2. The summed E-state index contributed by atoms with van der Waals surface area (Å²) in [5, 5.41) is 12.3. The number of carboxylic acid groups (broad SMARTS) is 1. The van der Waals surface area contributed by atoms with Crippen LogP contribution in [-0.4, -0.2) is 35.7 Å². The molecule has 3 fully saturated rings. The molecule has 1 aromatic rings. The number of nitrogens with one attached hydrogen (secondary N) is 1. The number of carbonyl (C=O) groups excluding carboxylic acids is 1.